The molecule has 0 spiro atoms. The fourth-order valence-corrected chi connectivity index (χ4v) is 5.00. The van der Waals surface area contributed by atoms with Crippen LogP contribution in [-0.2, 0) is 6.54 Å². The normalized spacial score (nSPS) is 17.2. The smallest absolute Gasteiger partial charge is 0.270 e. The number of hydrogen-bond donors (Lipinski definition) is 1. The van der Waals surface area contributed by atoms with E-state index in [1.807, 2.05) is 54.9 Å². The number of anilines is 1. The third-order valence-corrected chi connectivity index (χ3v) is 7.15. The number of nitriles is 1. The van der Waals surface area contributed by atoms with E-state index in [1.165, 1.54) is 5.56 Å². The van der Waals surface area contributed by atoms with E-state index in [9.17, 15) is 4.79 Å². The van der Waals surface area contributed by atoms with Crippen molar-refractivity contribution in [1.29, 1.82) is 5.26 Å². The van der Waals surface area contributed by atoms with Gasteiger partial charge in [-0.15, -0.1) is 0 Å². The molecule has 8 nitrogen and oxygen atoms in total. The Hall–Kier alpha value is -3.96. The molecule has 5 rings (SSSR count). The van der Waals surface area contributed by atoms with Crippen molar-refractivity contribution in [1.82, 2.24) is 20.2 Å². The summed E-state index contributed by atoms with van der Waals surface area (Å²) in [6, 6.07) is 17.7. The summed E-state index contributed by atoms with van der Waals surface area (Å²) in [7, 11) is 0. The first kappa shape index (κ1) is 24.7. The highest BCUT2D eigenvalue weighted by atomic mass is 16.5. The third kappa shape index (κ3) is 6.63. The van der Waals surface area contributed by atoms with Gasteiger partial charge in [0.25, 0.3) is 5.91 Å². The van der Waals surface area contributed by atoms with E-state index < -0.39 is 0 Å². The molecule has 0 saturated carbocycles. The van der Waals surface area contributed by atoms with Crippen molar-refractivity contribution in [2.75, 3.05) is 31.1 Å². The zero-order chi connectivity index (χ0) is 25.5. The molecule has 2 aliphatic rings. The van der Waals surface area contributed by atoms with Crippen LogP contribution in [0.5, 0.6) is 5.75 Å². The molecular weight excluding hydrogens is 464 g/mol. The lowest BCUT2D eigenvalue weighted by Crippen LogP contribution is -2.44. The first-order valence-corrected chi connectivity index (χ1v) is 13.0. The van der Waals surface area contributed by atoms with Gasteiger partial charge in [-0.1, -0.05) is 0 Å². The molecule has 0 bridgehead atoms. The highest BCUT2D eigenvalue weighted by Crippen LogP contribution is 2.23. The second-order valence-corrected chi connectivity index (χ2v) is 9.72. The van der Waals surface area contributed by atoms with Crippen molar-refractivity contribution >= 4 is 11.6 Å². The molecule has 0 radical (unpaired) electrons. The molecule has 2 fully saturated rings. The maximum Gasteiger partial charge on any atom is 0.270 e. The van der Waals surface area contributed by atoms with E-state index in [4.69, 9.17) is 10.00 Å². The van der Waals surface area contributed by atoms with Crippen LogP contribution in [0.3, 0.4) is 0 Å². The summed E-state index contributed by atoms with van der Waals surface area (Å²) in [6.45, 7) is 4.62. The van der Waals surface area contributed by atoms with Crippen LogP contribution in [0.2, 0.25) is 0 Å². The van der Waals surface area contributed by atoms with Gasteiger partial charge in [-0.2, -0.15) is 5.26 Å². The molecule has 2 saturated heterocycles. The number of ether oxygens (including phenoxy) is 1. The van der Waals surface area contributed by atoms with E-state index in [2.05, 4.69) is 31.2 Å². The summed E-state index contributed by atoms with van der Waals surface area (Å²) in [5, 5.41) is 12.1. The summed E-state index contributed by atoms with van der Waals surface area (Å²) in [5.41, 5.74) is 3.49. The Kier molecular flexibility index (Phi) is 7.92. The average molecular weight is 497 g/mol. The first-order chi connectivity index (χ1) is 18.2. The van der Waals surface area contributed by atoms with Crippen molar-refractivity contribution in [3.8, 4) is 11.8 Å². The topological polar surface area (TPSA) is 94.4 Å². The molecule has 2 aliphatic heterocycles. The standard InChI is InChI=1S/C29H32N6O2/c30-19-22-1-3-25(4-2-22)35-17-11-26(12-18-35)37-27-5-6-28(32-20-27)29(36)33-24-9-15-34(16-10-24)21-23-7-13-31-14-8-23/h1-8,13-14,20,24,26H,9-12,15-18,21H2,(H,33,36). The molecule has 4 heterocycles. The molecule has 0 aliphatic carbocycles. The Morgan fingerprint density at radius 3 is 2.35 bits per heavy atom. The first-order valence-electron chi connectivity index (χ1n) is 13.0. The zero-order valence-corrected chi connectivity index (χ0v) is 20.9. The number of pyridine rings is 2. The highest BCUT2D eigenvalue weighted by Gasteiger charge is 2.23. The number of amides is 1. The summed E-state index contributed by atoms with van der Waals surface area (Å²) in [6.07, 6.45) is 9.09. The molecule has 1 N–H and O–H groups in total. The lowest BCUT2D eigenvalue weighted by atomic mass is 10.0. The minimum Gasteiger partial charge on any atom is -0.489 e. The number of carbonyl (C=O) groups excluding carboxylic acids is 1. The van der Waals surface area contributed by atoms with Gasteiger partial charge >= 0.3 is 0 Å². The molecule has 8 heteroatoms. The number of likely N-dealkylation sites (tertiary alicyclic amines) is 1. The minimum absolute atomic E-state index is 0.119. The quantitative estimate of drug-likeness (QED) is 0.532. The van der Waals surface area contributed by atoms with Crippen molar-refractivity contribution in [3.05, 3.63) is 83.9 Å². The van der Waals surface area contributed by atoms with Crippen LogP contribution in [0.25, 0.3) is 0 Å². The molecule has 37 heavy (non-hydrogen) atoms. The van der Waals surface area contributed by atoms with Gasteiger partial charge in [0.1, 0.15) is 17.5 Å². The Labute approximate surface area is 217 Å². The zero-order valence-electron chi connectivity index (χ0n) is 20.9. The summed E-state index contributed by atoms with van der Waals surface area (Å²) >= 11 is 0. The van der Waals surface area contributed by atoms with Gasteiger partial charge < -0.3 is 15.0 Å². The van der Waals surface area contributed by atoms with E-state index in [0.29, 0.717) is 17.0 Å². The van der Waals surface area contributed by atoms with Gasteiger partial charge in [0.2, 0.25) is 0 Å². The molecule has 0 atom stereocenters. The predicted octanol–water partition coefficient (Wildman–Crippen LogP) is 3.79. The number of piperidine rings is 2. The van der Waals surface area contributed by atoms with Gasteiger partial charge in [0.15, 0.2) is 0 Å². The van der Waals surface area contributed by atoms with Gasteiger partial charge in [-0.05, 0) is 66.9 Å². The van der Waals surface area contributed by atoms with Crippen LogP contribution in [-0.4, -0.2) is 59.1 Å². The summed E-state index contributed by atoms with van der Waals surface area (Å²) < 4.78 is 6.15. The van der Waals surface area contributed by atoms with Crippen LogP contribution in [0.4, 0.5) is 5.69 Å². The highest BCUT2D eigenvalue weighted by molar-refractivity contribution is 5.92. The van der Waals surface area contributed by atoms with Gasteiger partial charge in [-0.25, -0.2) is 4.98 Å². The van der Waals surface area contributed by atoms with Crippen LogP contribution in [0, 0.1) is 11.3 Å². The van der Waals surface area contributed by atoms with Gasteiger partial charge in [0, 0.05) is 69.7 Å². The SMILES string of the molecule is N#Cc1ccc(N2CCC(Oc3ccc(C(=O)NC4CCN(Cc5ccncc5)CC4)nc3)CC2)cc1. The van der Waals surface area contributed by atoms with Crippen LogP contribution in [0.1, 0.15) is 47.3 Å². The average Bonchev–Trinajstić information content (AvgIpc) is 2.95. The number of carbonyl (C=O) groups is 1. The second-order valence-electron chi connectivity index (χ2n) is 9.72. The fraction of sp³-hybridized carbons (Fsp3) is 0.379. The van der Waals surface area contributed by atoms with Crippen molar-refractivity contribution < 1.29 is 9.53 Å². The molecule has 1 amide bonds. The molecular formula is C29H32N6O2. The predicted molar refractivity (Wildman–Crippen MR) is 141 cm³/mol. The maximum absolute atomic E-state index is 12.7. The van der Waals surface area contributed by atoms with E-state index >= 15 is 0 Å². The fourth-order valence-electron chi connectivity index (χ4n) is 5.00. The minimum atomic E-state index is -0.130. The number of nitrogens with zero attached hydrogens (tertiary/aromatic N) is 5. The Morgan fingerprint density at radius 1 is 0.973 bits per heavy atom. The van der Waals surface area contributed by atoms with Gasteiger partial charge in [0.05, 0.1) is 17.8 Å². The number of nitrogens with one attached hydrogen (secondary N) is 1. The largest absolute Gasteiger partial charge is 0.489 e. The van der Waals surface area contributed by atoms with Crippen molar-refractivity contribution in [3.63, 3.8) is 0 Å². The van der Waals surface area contributed by atoms with Gasteiger partial charge in [-0.3, -0.25) is 14.7 Å². The maximum atomic E-state index is 12.7. The van der Waals surface area contributed by atoms with Crippen molar-refractivity contribution in [2.24, 2.45) is 0 Å². The number of rotatable bonds is 7. The second kappa shape index (κ2) is 11.8. The van der Waals surface area contributed by atoms with Crippen molar-refractivity contribution in [2.45, 2.75) is 44.4 Å². The molecule has 0 unspecified atom stereocenters. The molecule has 3 aromatic rings. The number of aromatic nitrogens is 2. The van der Waals surface area contributed by atoms with E-state index in [-0.39, 0.29) is 18.1 Å². The monoisotopic (exact) mass is 496 g/mol. The van der Waals surface area contributed by atoms with E-state index in [1.54, 1.807) is 12.3 Å². The summed E-state index contributed by atoms with van der Waals surface area (Å²) in [4.78, 5) is 25.9. The Morgan fingerprint density at radius 2 is 1.70 bits per heavy atom. The lowest BCUT2D eigenvalue weighted by Gasteiger charge is -2.33. The van der Waals surface area contributed by atoms with Crippen LogP contribution < -0.4 is 15.0 Å². The Balaban J connectivity index is 1.04. The Bertz CT molecular complexity index is 1190. The van der Waals surface area contributed by atoms with Crippen LogP contribution in [0.15, 0.2) is 67.1 Å². The number of benzene rings is 1. The lowest BCUT2D eigenvalue weighted by molar-refractivity contribution is 0.0903. The van der Waals surface area contributed by atoms with E-state index in [0.717, 1.165) is 64.1 Å². The third-order valence-electron chi connectivity index (χ3n) is 7.15. The van der Waals surface area contributed by atoms with Crippen LogP contribution >= 0.6 is 0 Å². The number of hydrogen-bond acceptors (Lipinski definition) is 7. The molecule has 190 valence electrons. The molecule has 2 aromatic heterocycles. The summed E-state index contributed by atoms with van der Waals surface area (Å²) in [5.74, 6) is 0.563. The molecule has 1 aromatic carbocycles.